The third kappa shape index (κ3) is 3.56. The number of likely N-dealkylation sites (N-methyl/N-ethyl adjacent to an activating group) is 1. The minimum atomic E-state index is 0.792. The molecule has 0 atom stereocenters. The molecule has 1 N–H and O–H groups in total. The highest BCUT2D eigenvalue weighted by molar-refractivity contribution is 6.30. The summed E-state index contributed by atoms with van der Waals surface area (Å²) in [6.07, 6.45) is 0. The molecule has 0 bridgehead atoms. The SMILES string of the molecule is Cc1cc(Cl)ccc1NCCN(C)C. The van der Waals surface area contributed by atoms with Gasteiger partial charge in [0.1, 0.15) is 0 Å². The van der Waals surface area contributed by atoms with Gasteiger partial charge < -0.3 is 10.2 Å². The Labute approximate surface area is 90.9 Å². The Kier molecular flexibility index (Phi) is 4.23. The summed E-state index contributed by atoms with van der Waals surface area (Å²) in [5.41, 5.74) is 2.35. The summed E-state index contributed by atoms with van der Waals surface area (Å²) in [5, 5.41) is 4.16. The molecule has 0 fully saturated rings. The molecule has 0 saturated carbocycles. The van der Waals surface area contributed by atoms with Crippen molar-refractivity contribution < 1.29 is 0 Å². The largest absolute Gasteiger partial charge is 0.384 e. The lowest BCUT2D eigenvalue weighted by Crippen LogP contribution is -2.21. The fourth-order valence-corrected chi connectivity index (χ4v) is 1.47. The third-order valence-corrected chi connectivity index (χ3v) is 2.30. The van der Waals surface area contributed by atoms with Gasteiger partial charge >= 0.3 is 0 Å². The lowest BCUT2D eigenvalue weighted by Gasteiger charge is -2.13. The van der Waals surface area contributed by atoms with Crippen molar-refractivity contribution in [3.8, 4) is 0 Å². The van der Waals surface area contributed by atoms with Gasteiger partial charge in [0.15, 0.2) is 0 Å². The Morgan fingerprint density at radius 2 is 2.07 bits per heavy atom. The van der Waals surface area contributed by atoms with Gasteiger partial charge in [-0.3, -0.25) is 0 Å². The average Bonchev–Trinajstić information content (AvgIpc) is 2.08. The van der Waals surface area contributed by atoms with Crippen LogP contribution in [0.3, 0.4) is 0 Å². The van der Waals surface area contributed by atoms with Gasteiger partial charge in [-0.2, -0.15) is 0 Å². The maximum Gasteiger partial charge on any atom is 0.0410 e. The number of nitrogens with one attached hydrogen (secondary N) is 1. The predicted molar refractivity (Wildman–Crippen MR) is 63.2 cm³/mol. The standard InChI is InChI=1S/C11H17ClN2/c1-9-8-10(12)4-5-11(9)13-6-7-14(2)3/h4-5,8,13H,6-7H2,1-3H3. The van der Waals surface area contributed by atoms with Crippen LogP contribution in [0.4, 0.5) is 5.69 Å². The van der Waals surface area contributed by atoms with Crippen LogP contribution in [-0.4, -0.2) is 32.1 Å². The minimum Gasteiger partial charge on any atom is -0.384 e. The van der Waals surface area contributed by atoms with E-state index in [0.29, 0.717) is 0 Å². The van der Waals surface area contributed by atoms with Crippen LogP contribution in [0.2, 0.25) is 5.02 Å². The number of hydrogen-bond acceptors (Lipinski definition) is 2. The van der Waals surface area contributed by atoms with E-state index >= 15 is 0 Å². The smallest absolute Gasteiger partial charge is 0.0410 e. The van der Waals surface area contributed by atoms with E-state index in [2.05, 4.69) is 31.2 Å². The van der Waals surface area contributed by atoms with Crippen molar-refractivity contribution in [3.05, 3.63) is 28.8 Å². The number of anilines is 1. The Balaban J connectivity index is 2.51. The minimum absolute atomic E-state index is 0.792. The van der Waals surface area contributed by atoms with Crippen molar-refractivity contribution >= 4 is 17.3 Å². The second kappa shape index (κ2) is 5.23. The van der Waals surface area contributed by atoms with E-state index in [1.54, 1.807) is 0 Å². The molecule has 0 aliphatic rings. The van der Waals surface area contributed by atoms with Crippen LogP contribution in [-0.2, 0) is 0 Å². The molecule has 14 heavy (non-hydrogen) atoms. The molecule has 1 rings (SSSR count). The maximum atomic E-state index is 5.87. The molecule has 0 spiro atoms. The normalized spacial score (nSPS) is 10.6. The van der Waals surface area contributed by atoms with E-state index in [0.717, 1.165) is 23.8 Å². The maximum absolute atomic E-state index is 5.87. The molecule has 0 aliphatic carbocycles. The van der Waals surface area contributed by atoms with Gasteiger partial charge in [-0.25, -0.2) is 0 Å². The van der Waals surface area contributed by atoms with Crippen LogP contribution in [0, 0.1) is 6.92 Å². The molecule has 78 valence electrons. The van der Waals surface area contributed by atoms with Crippen molar-refractivity contribution in [2.75, 3.05) is 32.5 Å². The number of benzene rings is 1. The van der Waals surface area contributed by atoms with Crippen molar-refractivity contribution in [3.63, 3.8) is 0 Å². The van der Waals surface area contributed by atoms with Gasteiger partial charge in [-0.15, -0.1) is 0 Å². The highest BCUT2D eigenvalue weighted by Crippen LogP contribution is 2.19. The zero-order chi connectivity index (χ0) is 10.6. The fourth-order valence-electron chi connectivity index (χ4n) is 1.24. The monoisotopic (exact) mass is 212 g/mol. The molecule has 2 nitrogen and oxygen atoms in total. The molecular weight excluding hydrogens is 196 g/mol. The first-order valence-corrected chi connectivity index (χ1v) is 5.12. The molecule has 1 aromatic carbocycles. The molecule has 0 amide bonds. The van der Waals surface area contributed by atoms with E-state index in [4.69, 9.17) is 11.6 Å². The summed E-state index contributed by atoms with van der Waals surface area (Å²) in [7, 11) is 4.13. The highest BCUT2D eigenvalue weighted by Gasteiger charge is 1.98. The molecule has 0 aliphatic heterocycles. The topological polar surface area (TPSA) is 15.3 Å². The average molecular weight is 213 g/mol. The van der Waals surface area contributed by atoms with Gasteiger partial charge in [-0.1, -0.05) is 11.6 Å². The van der Waals surface area contributed by atoms with Gasteiger partial charge in [0.05, 0.1) is 0 Å². The van der Waals surface area contributed by atoms with Crippen LogP contribution >= 0.6 is 11.6 Å². The molecule has 3 heteroatoms. The van der Waals surface area contributed by atoms with E-state index in [-0.39, 0.29) is 0 Å². The Morgan fingerprint density at radius 3 is 2.64 bits per heavy atom. The van der Waals surface area contributed by atoms with Crippen LogP contribution < -0.4 is 5.32 Å². The Morgan fingerprint density at radius 1 is 1.36 bits per heavy atom. The quantitative estimate of drug-likeness (QED) is 0.826. The Hall–Kier alpha value is -0.730. The predicted octanol–water partition coefficient (Wildman–Crippen LogP) is 2.62. The molecule has 0 heterocycles. The number of nitrogens with zero attached hydrogens (tertiary/aromatic N) is 1. The highest BCUT2D eigenvalue weighted by atomic mass is 35.5. The van der Waals surface area contributed by atoms with Gasteiger partial charge in [0.2, 0.25) is 0 Å². The molecule has 0 unspecified atom stereocenters. The first-order valence-electron chi connectivity index (χ1n) is 4.74. The van der Waals surface area contributed by atoms with Gasteiger partial charge in [-0.05, 0) is 44.8 Å². The Bertz CT molecular complexity index is 297. The van der Waals surface area contributed by atoms with Crippen LogP contribution in [0.1, 0.15) is 5.56 Å². The van der Waals surface area contributed by atoms with E-state index in [1.807, 2.05) is 18.2 Å². The molecular formula is C11H17ClN2. The fraction of sp³-hybridized carbons (Fsp3) is 0.455. The van der Waals surface area contributed by atoms with Crippen molar-refractivity contribution in [1.29, 1.82) is 0 Å². The van der Waals surface area contributed by atoms with Crippen LogP contribution in [0.25, 0.3) is 0 Å². The summed E-state index contributed by atoms with van der Waals surface area (Å²) < 4.78 is 0. The summed E-state index contributed by atoms with van der Waals surface area (Å²) >= 11 is 5.87. The third-order valence-electron chi connectivity index (χ3n) is 2.06. The van der Waals surface area contributed by atoms with E-state index in [9.17, 15) is 0 Å². The zero-order valence-corrected chi connectivity index (χ0v) is 9.73. The number of aryl methyl sites for hydroxylation is 1. The summed E-state index contributed by atoms with van der Waals surface area (Å²) in [5.74, 6) is 0. The first kappa shape index (κ1) is 11.3. The van der Waals surface area contributed by atoms with Crippen LogP contribution in [0.15, 0.2) is 18.2 Å². The number of halogens is 1. The second-order valence-corrected chi connectivity index (χ2v) is 4.13. The first-order chi connectivity index (χ1) is 6.59. The van der Waals surface area contributed by atoms with Gasteiger partial charge in [0, 0.05) is 23.8 Å². The summed E-state index contributed by atoms with van der Waals surface area (Å²) in [6.45, 7) is 4.04. The molecule has 1 aromatic rings. The van der Waals surface area contributed by atoms with Crippen molar-refractivity contribution in [2.45, 2.75) is 6.92 Å². The van der Waals surface area contributed by atoms with Gasteiger partial charge in [0.25, 0.3) is 0 Å². The number of hydrogen-bond donors (Lipinski definition) is 1. The molecule has 0 saturated heterocycles. The second-order valence-electron chi connectivity index (χ2n) is 3.69. The van der Waals surface area contributed by atoms with Crippen molar-refractivity contribution in [1.82, 2.24) is 4.90 Å². The zero-order valence-electron chi connectivity index (χ0n) is 8.97. The summed E-state index contributed by atoms with van der Waals surface area (Å²) in [6, 6.07) is 5.90. The van der Waals surface area contributed by atoms with E-state index < -0.39 is 0 Å². The molecule has 0 aromatic heterocycles. The van der Waals surface area contributed by atoms with E-state index in [1.165, 1.54) is 5.56 Å². The molecule has 0 radical (unpaired) electrons. The van der Waals surface area contributed by atoms with Crippen molar-refractivity contribution in [2.24, 2.45) is 0 Å². The summed E-state index contributed by atoms with van der Waals surface area (Å²) in [4.78, 5) is 2.15. The van der Waals surface area contributed by atoms with Crippen LogP contribution in [0.5, 0.6) is 0 Å². The number of rotatable bonds is 4. The lowest BCUT2D eigenvalue weighted by molar-refractivity contribution is 0.425. The lowest BCUT2D eigenvalue weighted by atomic mass is 10.2.